The molecule has 0 saturated heterocycles. The van der Waals surface area contributed by atoms with Gasteiger partial charge >= 0.3 is 0 Å². The zero-order valence-corrected chi connectivity index (χ0v) is 26.8. The molecule has 9 aromatic rings. The summed E-state index contributed by atoms with van der Waals surface area (Å²) >= 11 is 0. The monoisotopic (exact) mass is 625 g/mol. The first-order chi connectivity index (χ1) is 24.3. The van der Waals surface area contributed by atoms with Crippen LogP contribution in [-0.2, 0) is 5.41 Å². The van der Waals surface area contributed by atoms with Gasteiger partial charge in [0, 0.05) is 39.2 Å². The Labute approximate surface area is 285 Å². The number of hydrogen-bond acceptors (Lipinski definition) is 2. The van der Waals surface area contributed by atoms with Gasteiger partial charge in [0.1, 0.15) is 11.2 Å². The fourth-order valence-electron chi connectivity index (χ4n) is 8.31. The highest BCUT2D eigenvalue weighted by molar-refractivity contribution is 6.09. The molecule has 0 spiro atoms. The molecule has 0 saturated carbocycles. The lowest BCUT2D eigenvalue weighted by molar-refractivity contribution is 0.648. The summed E-state index contributed by atoms with van der Waals surface area (Å²) in [7, 11) is 0. The Hall–Kier alpha value is -6.38. The van der Waals surface area contributed by atoms with E-state index in [1.165, 1.54) is 38.6 Å². The molecule has 0 atom stereocenters. The van der Waals surface area contributed by atoms with E-state index in [4.69, 9.17) is 4.42 Å². The highest BCUT2D eigenvalue weighted by atomic mass is 16.3. The number of hydrogen-bond donors (Lipinski definition) is 0. The highest BCUT2D eigenvalue weighted by Gasteiger charge is 2.47. The third kappa shape index (κ3) is 4.01. The molecule has 49 heavy (non-hydrogen) atoms. The van der Waals surface area contributed by atoms with Gasteiger partial charge in [-0.25, -0.2) is 0 Å². The average Bonchev–Trinajstić information content (AvgIpc) is 3.70. The summed E-state index contributed by atoms with van der Waals surface area (Å²) in [4.78, 5) is 2.34. The minimum atomic E-state index is -0.538. The van der Waals surface area contributed by atoms with Crippen LogP contribution in [0.4, 0.5) is 17.1 Å². The summed E-state index contributed by atoms with van der Waals surface area (Å²) in [5.41, 5.74) is 12.0. The van der Waals surface area contributed by atoms with Gasteiger partial charge in [-0.15, -0.1) is 0 Å². The predicted molar refractivity (Wildman–Crippen MR) is 203 cm³/mol. The van der Waals surface area contributed by atoms with Crippen molar-refractivity contribution in [3.63, 3.8) is 0 Å². The molecule has 1 aliphatic carbocycles. The summed E-state index contributed by atoms with van der Waals surface area (Å²) in [5, 5.41) is 4.63. The molecule has 0 amide bonds. The lowest BCUT2D eigenvalue weighted by Gasteiger charge is -2.33. The first-order valence-electron chi connectivity index (χ1n) is 16.9. The Morgan fingerprint density at radius 3 is 1.78 bits per heavy atom. The number of benzene rings is 8. The van der Waals surface area contributed by atoms with E-state index >= 15 is 0 Å². The van der Waals surface area contributed by atoms with Crippen LogP contribution in [0.25, 0.3) is 43.8 Å². The molecule has 1 aliphatic rings. The summed E-state index contributed by atoms with van der Waals surface area (Å²) in [6.07, 6.45) is 0. The van der Waals surface area contributed by atoms with Gasteiger partial charge in [0.25, 0.3) is 0 Å². The molecule has 2 nitrogen and oxygen atoms in total. The van der Waals surface area contributed by atoms with Crippen LogP contribution in [0.2, 0.25) is 0 Å². The highest BCUT2D eigenvalue weighted by Crippen LogP contribution is 2.57. The molecule has 2 heteroatoms. The Kier molecular flexibility index (Phi) is 6.13. The maximum absolute atomic E-state index is 7.10. The van der Waals surface area contributed by atoms with E-state index in [0.717, 1.165) is 44.6 Å². The molecule has 0 aliphatic heterocycles. The first-order valence-corrected chi connectivity index (χ1v) is 16.9. The Morgan fingerprint density at radius 2 is 1.00 bits per heavy atom. The number of fused-ring (bicyclic) bond motifs is 7. The van der Waals surface area contributed by atoms with Gasteiger partial charge in [-0.3, -0.25) is 0 Å². The molecule has 0 radical (unpaired) electrons. The first kappa shape index (κ1) is 27.7. The Morgan fingerprint density at radius 1 is 0.408 bits per heavy atom. The molecule has 230 valence electrons. The van der Waals surface area contributed by atoms with Crippen LogP contribution in [0.5, 0.6) is 0 Å². The molecule has 1 aromatic heterocycles. The van der Waals surface area contributed by atoms with Crippen LogP contribution in [-0.4, -0.2) is 0 Å². The zero-order valence-electron chi connectivity index (χ0n) is 26.8. The molecule has 0 unspecified atom stereocenters. The molecule has 1 heterocycles. The van der Waals surface area contributed by atoms with Gasteiger partial charge in [-0.05, 0) is 63.5 Å². The van der Waals surface area contributed by atoms with Crippen molar-refractivity contribution in [2.75, 3.05) is 4.90 Å². The van der Waals surface area contributed by atoms with E-state index in [1.807, 2.05) is 0 Å². The third-order valence-electron chi connectivity index (χ3n) is 10.3. The Balaban J connectivity index is 1.24. The predicted octanol–water partition coefficient (Wildman–Crippen LogP) is 12.6. The van der Waals surface area contributed by atoms with E-state index in [0.29, 0.717) is 0 Å². The third-order valence-corrected chi connectivity index (χ3v) is 10.3. The minimum absolute atomic E-state index is 0.538. The maximum Gasteiger partial charge on any atom is 0.140 e. The van der Waals surface area contributed by atoms with Crippen molar-refractivity contribution in [3.8, 4) is 11.1 Å². The summed E-state index contributed by atoms with van der Waals surface area (Å²) in [5.74, 6) is 0. The second kappa shape index (κ2) is 10.8. The van der Waals surface area contributed by atoms with Gasteiger partial charge in [0.05, 0.1) is 11.1 Å². The SMILES string of the molecule is c1ccc(N(c2ccc3c(c2)oc2c(C4(c5ccccc5)c5ccccc5-c5ccccc54)cccc23)c2cccc3ccccc23)cc1. The van der Waals surface area contributed by atoms with Crippen molar-refractivity contribution in [3.05, 3.63) is 210 Å². The fraction of sp³-hybridized carbons (Fsp3) is 0.0213. The van der Waals surface area contributed by atoms with Gasteiger partial charge < -0.3 is 9.32 Å². The smallest absolute Gasteiger partial charge is 0.140 e. The largest absolute Gasteiger partial charge is 0.456 e. The molecule has 0 bridgehead atoms. The quantitative estimate of drug-likeness (QED) is 0.189. The molecule has 0 N–H and O–H groups in total. The lowest BCUT2D eigenvalue weighted by Crippen LogP contribution is -2.28. The van der Waals surface area contributed by atoms with Crippen LogP contribution < -0.4 is 4.90 Å². The van der Waals surface area contributed by atoms with E-state index < -0.39 is 5.41 Å². The van der Waals surface area contributed by atoms with Crippen LogP contribution in [0.1, 0.15) is 22.3 Å². The van der Waals surface area contributed by atoms with Crippen molar-refractivity contribution >= 4 is 49.8 Å². The summed E-state index contributed by atoms with van der Waals surface area (Å²) in [6.45, 7) is 0. The lowest BCUT2D eigenvalue weighted by atomic mass is 9.67. The molecular weight excluding hydrogens is 595 g/mol. The topological polar surface area (TPSA) is 16.4 Å². The van der Waals surface area contributed by atoms with Crippen molar-refractivity contribution < 1.29 is 4.42 Å². The van der Waals surface area contributed by atoms with E-state index in [-0.39, 0.29) is 0 Å². The number of nitrogens with zero attached hydrogens (tertiary/aromatic N) is 1. The Bertz CT molecular complexity index is 2620. The molecular formula is C47H31NO. The van der Waals surface area contributed by atoms with Gasteiger partial charge in [0.2, 0.25) is 0 Å². The summed E-state index contributed by atoms with van der Waals surface area (Å²) in [6, 6.07) is 67.7. The minimum Gasteiger partial charge on any atom is -0.456 e. The standard InChI is InChI=1S/C47H31NO/c1-3-17-33(18-4-1)47(41-25-11-9-22-37(41)38-23-10-12-26-42(38)47)43-27-14-24-40-39-30-29-35(31-45(39)49-46(40)43)48(34-19-5-2-6-20-34)44-28-13-16-32-15-7-8-21-36(32)44/h1-31H. The van der Waals surface area contributed by atoms with Gasteiger partial charge in [0.15, 0.2) is 0 Å². The van der Waals surface area contributed by atoms with Crippen LogP contribution in [0, 0.1) is 0 Å². The van der Waals surface area contributed by atoms with Crippen molar-refractivity contribution in [1.82, 2.24) is 0 Å². The molecule has 0 fully saturated rings. The number of furan rings is 1. The number of anilines is 3. The van der Waals surface area contributed by atoms with Crippen molar-refractivity contribution in [2.45, 2.75) is 5.41 Å². The van der Waals surface area contributed by atoms with Crippen LogP contribution in [0.15, 0.2) is 192 Å². The zero-order chi connectivity index (χ0) is 32.4. The van der Waals surface area contributed by atoms with E-state index in [9.17, 15) is 0 Å². The van der Waals surface area contributed by atoms with Crippen LogP contribution in [0.3, 0.4) is 0 Å². The molecule has 10 rings (SSSR count). The maximum atomic E-state index is 7.10. The number of para-hydroxylation sites is 2. The van der Waals surface area contributed by atoms with Gasteiger partial charge in [-0.1, -0.05) is 152 Å². The van der Waals surface area contributed by atoms with E-state index in [1.54, 1.807) is 0 Å². The van der Waals surface area contributed by atoms with E-state index in [2.05, 4.69) is 193 Å². The summed E-state index contributed by atoms with van der Waals surface area (Å²) < 4.78 is 7.10. The van der Waals surface area contributed by atoms with Crippen molar-refractivity contribution in [1.29, 1.82) is 0 Å². The van der Waals surface area contributed by atoms with Crippen LogP contribution >= 0.6 is 0 Å². The fourth-order valence-corrected chi connectivity index (χ4v) is 8.31. The van der Waals surface area contributed by atoms with Crippen molar-refractivity contribution in [2.24, 2.45) is 0 Å². The molecule has 8 aromatic carbocycles. The number of rotatable bonds is 5. The second-order valence-corrected chi connectivity index (χ2v) is 12.8. The van der Waals surface area contributed by atoms with Gasteiger partial charge in [-0.2, -0.15) is 0 Å². The second-order valence-electron chi connectivity index (χ2n) is 12.8. The normalized spacial score (nSPS) is 13.1. The average molecular weight is 626 g/mol.